The number of piperidine rings is 1. The Morgan fingerprint density at radius 1 is 1.28 bits per heavy atom. The van der Waals surface area contributed by atoms with Crippen molar-refractivity contribution in [1.82, 2.24) is 15.2 Å². The molecule has 0 atom stereocenters. The molecular weight excluding hydrogens is 410 g/mol. The van der Waals surface area contributed by atoms with Gasteiger partial charge in [-0.05, 0) is 50.5 Å². The average Bonchev–Trinajstić information content (AvgIpc) is 3.11. The maximum absolute atomic E-state index is 12.9. The third-order valence-corrected chi connectivity index (χ3v) is 6.28. The first-order chi connectivity index (χ1) is 14.0. The van der Waals surface area contributed by atoms with Gasteiger partial charge in [-0.3, -0.25) is 9.59 Å². The number of ether oxygens (including phenoxy) is 1. The van der Waals surface area contributed by atoms with Crippen LogP contribution in [0.15, 0.2) is 24.3 Å². The third-order valence-electron chi connectivity index (χ3n) is 4.91. The van der Waals surface area contributed by atoms with Gasteiger partial charge in [-0.2, -0.15) is 0 Å². The van der Waals surface area contributed by atoms with Crippen molar-refractivity contribution in [2.75, 3.05) is 19.6 Å². The predicted octanol–water partition coefficient (Wildman–Crippen LogP) is 4.06. The van der Waals surface area contributed by atoms with Crippen molar-refractivity contribution in [1.29, 1.82) is 0 Å². The van der Waals surface area contributed by atoms with E-state index in [1.807, 2.05) is 18.7 Å². The monoisotopic (exact) mass is 435 g/mol. The van der Waals surface area contributed by atoms with E-state index >= 15 is 0 Å². The van der Waals surface area contributed by atoms with Crippen LogP contribution in [0.3, 0.4) is 0 Å². The number of hydrogen-bond acceptors (Lipinski definition) is 5. The second kappa shape index (κ2) is 10.1. The van der Waals surface area contributed by atoms with Crippen LogP contribution in [0.25, 0.3) is 0 Å². The lowest BCUT2D eigenvalue weighted by atomic mass is 9.95. The Hall–Kier alpha value is -2.12. The topological polar surface area (TPSA) is 71.5 Å². The molecule has 2 amide bonds. The Kier molecular flexibility index (Phi) is 7.50. The van der Waals surface area contributed by atoms with Crippen molar-refractivity contribution in [2.24, 2.45) is 5.92 Å². The van der Waals surface area contributed by atoms with Gasteiger partial charge >= 0.3 is 0 Å². The molecule has 0 unspecified atom stereocenters. The van der Waals surface area contributed by atoms with Crippen LogP contribution in [0.2, 0.25) is 5.02 Å². The summed E-state index contributed by atoms with van der Waals surface area (Å²) in [6.45, 7) is 6.08. The molecule has 2 heterocycles. The molecule has 0 aliphatic carbocycles. The minimum Gasteiger partial charge on any atom is -0.486 e. The molecule has 2 aromatic rings. The van der Waals surface area contributed by atoms with E-state index in [4.69, 9.17) is 16.3 Å². The van der Waals surface area contributed by atoms with Crippen molar-refractivity contribution in [2.45, 2.75) is 39.7 Å². The SMILES string of the molecule is CCCNC(=O)C1CCN(C(=O)c2sc(COc3ccc(Cl)cc3)nc2C)CC1. The lowest BCUT2D eigenvalue weighted by Crippen LogP contribution is -2.43. The Bertz CT molecular complexity index is 845. The molecular formula is C21H26ClN3O3S. The van der Waals surface area contributed by atoms with E-state index in [0.29, 0.717) is 54.7 Å². The fraction of sp³-hybridized carbons (Fsp3) is 0.476. The summed E-state index contributed by atoms with van der Waals surface area (Å²) in [5, 5.41) is 4.36. The molecule has 0 spiro atoms. The molecule has 1 fully saturated rings. The van der Waals surface area contributed by atoms with E-state index in [1.54, 1.807) is 24.3 Å². The van der Waals surface area contributed by atoms with Crippen molar-refractivity contribution in [3.8, 4) is 5.75 Å². The molecule has 8 heteroatoms. The molecule has 6 nitrogen and oxygen atoms in total. The zero-order chi connectivity index (χ0) is 20.8. The van der Waals surface area contributed by atoms with E-state index in [-0.39, 0.29) is 17.7 Å². The first-order valence-electron chi connectivity index (χ1n) is 9.89. The Balaban J connectivity index is 1.55. The highest BCUT2D eigenvalue weighted by atomic mass is 35.5. The number of hydrogen-bond donors (Lipinski definition) is 1. The number of carbonyl (C=O) groups is 2. The number of thiazole rings is 1. The minimum atomic E-state index is -0.00911. The van der Waals surface area contributed by atoms with Crippen molar-refractivity contribution >= 4 is 34.8 Å². The first kappa shape index (κ1) is 21.6. The van der Waals surface area contributed by atoms with Gasteiger partial charge in [0, 0.05) is 30.6 Å². The van der Waals surface area contributed by atoms with E-state index in [9.17, 15) is 9.59 Å². The Labute approximate surface area is 180 Å². The molecule has 0 radical (unpaired) electrons. The maximum Gasteiger partial charge on any atom is 0.265 e. The minimum absolute atomic E-state index is 0.00325. The van der Waals surface area contributed by atoms with Crippen molar-refractivity contribution < 1.29 is 14.3 Å². The normalized spacial score (nSPS) is 14.7. The highest BCUT2D eigenvalue weighted by Crippen LogP contribution is 2.25. The second-order valence-electron chi connectivity index (χ2n) is 7.12. The highest BCUT2D eigenvalue weighted by Gasteiger charge is 2.29. The van der Waals surface area contributed by atoms with Gasteiger partial charge in [0.05, 0.1) is 5.69 Å². The summed E-state index contributed by atoms with van der Waals surface area (Å²) in [5.74, 6) is 0.801. The fourth-order valence-corrected chi connectivity index (χ4v) is 4.34. The van der Waals surface area contributed by atoms with Crippen molar-refractivity contribution in [3.63, 3.8) is 0 Å². The Morgan fingerprint density at radius 3 is 2.62 bits per heavy atom. The quantitative estimate of drug-likeness (QED) is 0.711. The summed E-state index contributed by atoms with van der Waals surface area (Å²) >= 11 is 7.25. The van der Waals surface area contributed by atoms with Crippen LogP contribution in [0.4, 0.5) is 0 Å². The number of carbonyl (C=O) groups excluding carboxylic acids is 2. The summed E-state index contributed by atoms with van der Waals surface area (Å²) in [6.07, 6.45) is 2.33. The van der Waals surface area contributed by atoms with Gasteiger partial charge in [0.15, 0.2) is 0 Å². The maximum atomic E-state index is 12.9. The number of amides is 2. The second-order valence-corrected chi connectivity index (χ2v) is 8.64. The molecule has 0 saturated carbocycles. The van der Waals surface area contributed by atoms with E-state index in [2.05, 4.69) is 10.3 Å². The van der Waals surface area contributed by atoms with Gasteiger partial charge in [0.25, 0.3) is 5.91 Å². The van der Waals surface area contributed by atoms with Crippen LogP contribution in [-0.2, 0) is 11.4 Å². The highest BCUT2D eigenvalue weighted by molar-refractivity contribution is 7.13. The standard InChI is InChI=1S/C21H26ClN3O3S/c1-3-10-23-20(26)15-8-11-25(12-9-15)21(27)19-14(2)24-18(29-19)13-28-17-6-4-16(22)5-7-17/h4-7,15H,3,8-13H2,1-2H3,(H,23,26). The molecule has 1 aromatic carbocycles. The Morgan fingerprint density at radius 2 is 1.97 bits per heavy atom. The lowest BCUT2D eigenvalue weighted by Gasteiger charge is -2.31. The summed E-state index contributed by atoms with van der Waals surface area (Å²) in [6, 6.07) is 7.14. The van der Waals surface area contributed by atoms with Gasteiger partial charge in [0.2, 0.25) is 5.91 Å². The number of nitrogens with zero attached hydrogens (tertiary/aromatic N) is 2. The summed E-state index contributed by atoms with van der Waals surface area (Å²) in [5.41, 5.74) is 0.720. The van der Waals surface area contributed by atoms with Crippen molar-refractivity contribution in [3.05, 3.63) is 44.9 Å². The van der Waals surface area contributed by atoms with E-state index < -0.39 is 0 Å². The number of aryl methyl sites for hydroxylation is 1. The molecule has 3 rings (SSSR count). The largest absolute Gasteiger partial charge is 0.486 e. The predicted molar refractivity (Wildman–Crippen MR) is 115 cm³/mol. The number of rotatable bonds is 7. The number of benzene rings is 1. The summed E-state index contributed by atoms with van der Waals surface area (Å²) in [4.78, 5) is 32.0. The molecule has 1 aromatic heterocycles. The number of aromatic nitrogens is 1. The lowest BCUT2D eigenvalue weighted by molar-refractivity contribution is -0.126. The number of likely N-dealkylation sites (tertiary alicyclic amines) is 1. The zero-order valence-electron chi connectivity index (χ0n) is 16.7. The number of halogens is 1. The number of nitrogens with one attached hydrogen (secondary N) is 1. The molecule has 1 aliphatic rings. The third kappa shape index (κ3) is 5.70. The van der Waals surface area contributed by atoms with Crippen LogP contribution in [0, 0.1) is 12.8 Å². The fourth-order valence-electron chi connectivity index (χ4n) is 3.27. The van der Waals surface area contributed by atoms with E-state index in [1.165, 1.54) is 11.3 Å². The van der Waals surface area contributed by atoms with Gasteiger partial charge in [-0.1, -0.05) is 18.5 Å². The van der Waals surface area contributed by atoms with Crippen LogP contribution < -0.4 is 10.1 Å². The van der Waals surface area contributed by atoms with E-state index in [0.717, 1.165) is 17.1 Å². The first-order valence-corrected chi connectivity index (χ1v) is 11.1. The van der Waals surface area contributed by atoms with Crippen LogP contribution in [-0.4, -0.2) is 41.3 Å². The summed E-state index contributed by atoms with van der Waals surface area (Å²) in [7, 11) is 0. The smallest absolute Gasteiger partial charge is 0.265 e. The molecule has 156 valence electrons. The molecule has 0 bridgehead atoms. The van der Waals surface area contributed by atoms with Crippen LogP contribution in [0.1, 0.15) is 46.6 Å². The van der Waals surface area contributed by atoms with Gasteiger partial charge < -0.3 is 15.0 Å². The van der Waals surface area contributed by atoms with Gasteiger partial charge in [-0.25, -0.2) is 4.98 Å². The van der Waals surface area contributed by atoms with Crippen LogP contribution >= 0.6 is 22.9 Å². The van der Waals surface area contributed by atoms with Crippen LogP contribution in [0.5, 0.6) is 5.75 Å². The molecule has 29 heavy (non-hydrogen) atoms. The molecule has 1 saturated heterocycles. The summed E-state index contributed by atoms with van der Waals surface area (Å²) < 4.78 is 5.73. The zero-order valence-corrected chi connectivity index (χ0v) is 18.3. The average molecular weight is 436 g/mol. The molecule has 1 N–H and O–H groups in total. The molecule has 1 aliphatic heterocycles. The van der Waals surface area contributed by atoms with Gasteiger partial charge in [-0.15, -0.1) is 11.3 Å². The van der Waals surface area contributed by atoms with Gasteiger partial charge in [0.1, 0.15) is 22.2 Å².